The highest BCUT2D eigenvalue weighted by Crippen LogP contribution is 2.26. The highest BCUT2D eigenvalue weighted by atomic mass is 79.9. The number of amides is 2. The van der Waals surface area contributed by atoms with Gasteiger partial charge in [-0.25, -0.2) is 4.98 Å². The first kappa shape index (κ1) is 22.2. The Morgan fingerprint density at radius 3 is 1.37 bits per heavy atom. The Bertz CT molecular complexity index is 1030. The summed E-state index contributed by atoms with van der Waals surface area (Å²) in [6, 6.07) is 12.6. The minimum atomic E-state index is -0.367. The van der Waals surface area contributed by atoms with E-state index in [9.17, 15) is 9.59 Å². The summed E-state index contributed by atoms with van der Waals surface area (Å²) in [5, 5.41) is 5.81. The normalized spacial score (nSPS) is 10.6. The van der Waals surface area contributed by atoms with Crippen LogP contribution in [0.4, 0.5) is 11.4 Å². The fourth-order valence-electron chi connectivity index (χ4n) is 3.26. The average molecular weight is 531 g/mol. The molecule has 5 nitrogen and oxygen atoms in total. The molecule has 0 fully saturated rings. The molecular formula is C23H21Br2N3O2. The summed E-state index contributed by atoms with van der Waals surface area (Å²) < 4.78 is 1.90. The van der Waals surface area contributed by atoms with E-state index in [1.54, 1.807) is 18.2 Å². The molecule has 0 aliphatic carbocycles. The number of halogens is 2. The van der Waals surface area contributed by atoms with Gasteiger partial charge in [0.05, 0.1) is 0 Å². The largest absolute Gasteiger partial charge is 0.320 e. The zero-order valence-electron chi connectivity index (χ0n) is 17.1. The third-order valence-electron chi connectivity index (χ3n) is 4.69. The van der Waals surface area contributed by atoms with E-state index in [1.807, 2.05) is 52.0 Å². The van der Waals surface area contributed by atoms with Crippen molar-refractivity contribution in [2.45, 2.75) is 27.7 Å². The van der Waals surface area contributed by atoms with E-state index in [0.29, 0.717) is 0 Å². The topological polar surface area (TPSA) is 71.1 Å². The van der Waals surface area contributed by atoms with Crippen molar-refractivity contribution >= 4 is 55.0 Å². The molecule has 0 aliphatic heterocycles. The summed E-state index contributed by atoms with van der Waals surface area (Å²) in [5.74, 6) is -0.733. The van der Waals surface area contributed by atoms with Gasteiger partial charge in [-0.2, -0.15) is 0 Å². The third kappa shape index (κ3) is 4.96. The molecule has 3 aromatic rings. The van der Waals surface area contributed by atoms with Gasteiger partial charge in [-0.05, 0) is 86.3 Å². The molecule has 0 aliphatic rings. The highest BCUT2D eigenvalue weighted by molar-refractivity contribution is 9.10. The Morgan fingerprint density at radius 1 is 0.700 bits per heavy atom. The molecule has 1 heterocycles. The van der Waals surface area contributed by atoms with Crippen LogP contribution in [0.25, 0.3) is 0 Å². The summed E-state index contributed by atoms with van der Waals surface area (Å²) >= 11 is 6.91. The number of nitrogens with one attached hydrogen (secondary N) is 2. The van der Waals surface area contributed by atoms with Crippen molar-refractivity contribution in [3.63, 3.8) is 0 Å². The summed E-state index contributed by atoms with van der Waals surface area (Å²) in [6.07, 6.45) is 0. The summed E-state index contributed by atoms with van der Waals surface area (Å²) in [5.41, 5.74) is 5.57. The van der Waals surface area contributed by atoms with Gasteiger partial charge in [-0.3, -0.25) is 9.59 Å². The molecule has 0 saturated carbocycles. The lowest BCUT2D eigenvalue weighted by Crippen LogP contribution is -2.19. The number of benzene rings is 2. The van der Waals surface area contributed by atoms with Crippen molar-refractivity contribution in [2.24, 2.45) is 0 Å². The Balaban J connectivity index is 1.82. The van der Waals surface area contributed by atoms with E-state index in [-0.39, 0.29) is 23.2 Å². The van der Waals surface area contributed by atoms with Crippen molar-refractivity contribution in [3.05, 3.63) is 85.1 Å². The lowest BCUT2D eigenvalue weighted by molar-refractivity contribution is 0.101. The SMILES string of the molecule is Cc1cc(Br)cc(C)c1NC(=O)c1cccc(C(=O)Nc2c(C)cc(Br)cc2C)n1. The van der Waals surface area contributed by atoms with Gasteiger partial charge in [-0.1, -0.05) is 37.9 Å². The van der Waals surface area contributed by atoms with Crippen molar-refractivity contribution in [2.75, 3.05) is 10.6 Å². The van der Waals surface area contributed by atoms with Gasteiger partial charge >= 0.3 is 0 Å². The first-order valence-electron chi connectivity index (χ1n) is 9.29. The van der Waals surface area contributed by atoms with Crippen LogP contribution in [0.2, 0.25) is 0 Å². The van der Waals surface area contributed by atoms with Gasteiger partial charge in [0.2, 0.25) is 0 Å². The quantitative estimate of drug-likeness (QED) is 0.413. The Labute approximate surface area is 192 Å². The molecule has 2 amide bonds. The predicted molar refractivity (Wildman–Crippen MR) is 127 cm³/mol. The van der Waals surface area contributed by atoms with Gasteiger partial charge in [0.1, 0.15) is 11.4 Å². The molecule has 7 heteroatoms. The molecule has 2 N–H and O–H groups in total. The van der Waals surface area contributed by atoms with Crippen LogP contribution in [0.15, 0.2) is 51.4 Å². The van der Waals surface area contributed by atoms with E-state index in [0.717, 1.165) is 42.6 Å². The number of carbonyl (C=O) groups is 2. The number of aromatic nitrogens is 1. The summed E-state index contributed by atoms with van der Waals surface area (Å²) in [7, 11) is 0. The van der Waals surface area contributed by atoms with E-state index in [1.165, 1.54) is 0 Å². The monoisotopic (exact) mass is 529 g/mol. The van der Waals surface area contributed by atoms with Crippen LogP contribution in [-0.2, 0) is 0 Å². The maximum atomic E-state index is 12.8. The second-order valence-electron chi connectivity index (χ2n) is 7.15. The van der Waals surface area contributed by atoms with Crippen LogP contribution in [0, 0.1) is 27.7 Å². The molecule has 0 bridgehead atoms. The fourth-order valence-corrected chi connectivity index (χ4v) is 4.63. The smallest absolute Gasteiger partial charge is 0.274 e. The molecule has 0 spiro atoms. The van der Waals surface area contributed by atoms with Crippen molar-refractivity contribution < 1.29 is 9.59 Å². The van der Waals surface area contributed by atoms with Crippen molar-refractivity contribution in [1.29, 1.82) is 0 Å². The van der Waals surface area contributed by atoms with Crippen molar-refractivity contribution in [3.8, 4) is 0 Å². The molecule has 3 rings (SSSR count). The van der Waals surface area contributed by atoms with Gasteiger partial charge < -0.3 is 10.6 Å². The number of pyridine rings is 1. The molecular weight excluding hydrogens is 510 g/mol. The minimum Gasteiger partial charge on any atom is -0.320 e. The second kappa shape index (κ2) is 9.10. The Kier molecular flexibility index (Phi) is 6.73. The van der Waals surface area contributed by atoms with E-state index in [4.69, 9.17) is 0 Å². The molecule has 0 radical (unpaired) electrons. The first-order chi connectivity index (χ1) is 14.2. The molecule has 154 valence electrons. The molecule has 0 unspecified atom stereocenters. The average Bonchev–Trinajstić information content (AvgIpc) is 2.67. The first-order valence-corrected chi connectivity index (χ1v) is 10.9. The van der Waals surface area contributed by atoms with Crippen LogP contribution in [-0.4, -0.2) is 16.8 Å². The Hall–Kier alpha value is -2.51. The standard InChI is InChI=1S/C23H21Br2N3O2/c1-12-8-16(24)9-13(2)20(12)27-22(29)18-6-5-7-19(26-18)23(30)28-21-14(3)10-17(25)11-15(21)4/h5-11H,1-4H3,(H,27,29)(H,28,30). The number of hydrogen-bond donors (Lipinski definition) is 2. The molecule has 30 heavy (non-hydrogen) atoms. The zero-order chi connectivity index (χ0) is 22.0. The minimum absolute atomic E-state index is 0.175. The second-order valence-corrected chi connectivity index (χ2v) is 8.98. The zero-order valence-corrected chi connectivity index (χ0v) is 20.2. The number of aryl methyl sites for hydroxylation is 4. The predicted octanol–water partition coefficient (Wildman–Crippen LogP) is 6.34. The van der Waals surface area contributed by atoms with E-state index < -0.39 is 0 Å². The maximum Gasteiger partial charge on any atom is 0.274 e. The third-order valence-corrected chi connectivity index (χ3v) is 5.60. The molecule has 0 atom stereocenters. The van der Waals surface area contributed by atoms with Crippen LogP contribution >= 0.6 is 31.9 Å². The van der Waals surface area contributed by atoms with Crippen LogP contribution in [0.3, 0.4) is 0 Å². The molecule has 1 aromatic heterocycles. The lowest BCUT2D eigenvalue weighted by atomic mass is 10.1. The highest BCUT2D eigenvalue weighted by Gasteiger charge is 2.16. The number of nitrogens with zero attached hydrogens (tertiary/aromatic N) is 1. The number of rotatable bonds is 4. The van der Waals surface area contributed by atoms with Gasteiger partial charge in [-0.15, -0.1) is 0 Å². The van der Waals surface area contributed by atoms with Crippen LogP contribution < -0.4 is 10.6 Å². The lowest BCUT2D eigenvalue weighted by Gasteiger charge is -2.13. The fraction of sp³-hybridized carbons (Fsp3) is 0.174. The number of hydrogen-bond acceptors (Lipinski definition) is 3. The number of carbonyl (C=O) groups excluding carboxylic acids is 2. The molecule has 0 saturated heterocycles. The van der Waals surface area contributed by atoms with Crippen LogP contribution in [0.1, 0.15) is 43.2 Å². The maximum absolute atomic E-state index is 12.8. The number of anilines is 2. The van der Waals surface area contributed by atoms with Gasteiger partial charge in [0, 0.05) is 20.3 Å². The summed E-state index contributed by atoms with van der Waals surface area (Å²) in [4.78, 5) is 29.8. The summed E-state index contributed by atoms with van der Waals surface area (Å²) in [6.45, 7) is 7.70. The van der Waals surface area contributed by atoms with E-state index >= 15 is 0 Å². The molecule has 2 aromatic carbocycles. The van der Waals surface area contributed by atoms with Gasteiger partial charge in [0.15, 0.2) is 0 Å². The van der Waals surface area contributed by atoms with Crippen molar-refractivity contribution in [1.82, 2.24) is 4.98 Å². The van der Waals surface area contributed by atoms with E-state index in [2.05, 4.69) is 47.5 Å². The van der Waals surface area contributed by atoms with Crippen LogP contribution in [0.5, 0.6) is 0 Å². The van der Waals surface area contributed by atoms with Gasteiger partial charge in [0.25, 0.3) is 11.8 Å². The Morgan fingerprint density at radius 2 is 1.03 bits per heavy atom.